The van der Waals surface area contributed by atoms with Gasteiger partial charge in [-0.1, -0.05) is 0 Å². The number of ether oxygens (including phenoxy) is 1. The SMILES string of the molecule is CCn1c(Sc2nc(Cl)nc(OC(C)C)n2)n[nH]c1=O. The predicted octanol–water partition coefficient (Wildman–Crippen LogP) is 1.37. The zero-order chi connectivity index (χ0) is 14.7. The molecule has 0 aromatic carbocycles. The van der Waals surface area contributed by atoms with Crippen LogP contribution >= 0.6 is 23.4 Å². The zero-order valence-corrected chi connectivity index (χ0v) is 12.7. The molecular weight excluding hydrogens is 304 g/mol. The van der Waals surface area contributed by atoms with E-state index in [1.807, 2.05) is 20.8 Å². The Hall–Kier alpha value is -1.61. The van der Waals surface area contributed by atoms with Gasteiger partial charge in [0, 0.05) is 6.54 Å². The van der Waals surface area contributed by atoms with Gasteiger partial charge in [-0.15, -0.1) is 5.10 Å². The maximum Gasteiger partial charge on any atom is 0.343 e. The summed E-state index contributed by atoms with van der Waals surface area (Å²) in [5.74, 6) is 0. The topological polar surface area (TPSA) is 98.6 Å². The third-order valence-corrected chi connectivity index (χ3v) is 3.16. The van der Waals surface area contributed by atoms with Crippen LogP contribution in [0.5, 0.6) is 6.01 Å². The molecule has 0 saturated carbocycles. The lowest BCUT2D eigenvalue weighted by molar-refractivity contribution is 0.219. The molecule has 0 aliphatic heterocycles. The third-order valence-electron chi connectivity index (χ3n) is 2.13. The fourth-order valence-corrected chi connectivity index (χ4v) is 2.40. The molecule has 0 aliphatic carbocycles. The van der Waals surface area contributed by atoms with Gasteiger partial charge in [-0.25, -0.2) is 9.89 Å². The second-order valence-electron chi connectivity index (χ2n) is 3.99. The van der Waals surface area contributed by atoms with E-state index in [1.54, 1.807) is 0 Å². The van der Waals surface area contributed by atoms with E-state index in [4.69, 9.17) is 16.3 Å². The van der Waals surface area contributed by atoms with Gasteiger partial charge >= 0.3 is 11.7 Å². The molecule has 1 N–H and O–H groups in total. The van der Waals surface area contributed by atoms with Gasteiger partial charge in [0.15, 0.2) is 5.16 Å². The summed E-state index contributed by atoms with van der Waals surface area (Å²) in [6.07, 6.45) is -0.0782. The summed E-state index contributed by atoms with van der Waals surface area (Å²) >= 11 is 6.94. The highest BCUT2D eigenvalue weighted by atomic mass is 35.5. The first-order valence-corrected chi connectivity index (χ1v) is 7.10. The van der Waals surface area contributed by atoms with Crippen molar-refractivity contribution in [1.82, 2.24) is 29.7 Å². The molecule has 20 heavy (non-hydrogen) atoms. The number of hydrogen-bond donors (Lipinski definition) is 1. The highest BCUT2D eigenvalue weighted by Crippen LogP contribution is 2.24. The highest BCUT2D eigenvalue weighted by molar-refractivity contribution is 7.99. The summed E-state index contributed by atoms with van der Waals surface area (Å²) in [6.45, 7) is 6.04. The number of nitrogens with one attached hydrogen (secondary N) is 1. The number of H-pyrrole nitrogens is 1. The van der Waals surface area contributed by atoms with Gasteiger partial charge < -0.3 is 4.74 Å². The van der Waals surface area contributed by atoms with Crippen LogP contribution in [-0.2, 0) is 6.54 Å². The summed E-state index contributed by atoms with van der Waals surface area (Å²) in [5.41, 5.74) is -0.284. The smallest absolute Gasteiger partial charge is 0.343 e. The molecule has 2 aromatic rings. The van der Waals surface area contributed by atoms with E-state index in [-0.39, 0.29) is 23.1 Å². The quantitative estimate of drug-likeness (QED) is 0.889. The van der Waals surface area contributed by atoms with Gasteiger partial charge in [0.05, 0.1) is 6.10 Å². The maximum absolute atomic E-state index is 11.5. The normalized spacial score (nSPS) is 11.1. The lowest BCUT2D eigenvalue weighted by Gasteiger charge is -2.08. The van der Waals surface area contributed by atoms with Crippen molar-refractivity contribution in [1.29, 1.82) is 0 Å². The summed E-state index contributed by atoms with van der Waals surface area (Å²) in [6, 6.07) is 0.142. The molecular formula is C10H13ClN6O2S. The number of nitrogens with zero attached hydrogens (tertiary/aromatic N) is 5. The molecule has 0 atom stereocenters. The van der Waals surface area contributed by atoms with Crippen LogP contribution in [0, 0.1) is 0 Å². The molecule has 0 saturated heterocycles. The Balaban J connectivity index is 2.28. The molecule has 8 nitrogen and oxygen atoms in total. The molecule has 0 bridgehead atoms. The minimum atomic E-state index is -0.284. The van der Waals surface area contributed by atoms with Gasteiger partial charge in [0.25, 0.3) is 0 Å². The van der Waals surface area contributed by atoms with Crippen molar-refractivity contribution in [3.05, 3.63) is 15.8 Å². The van der Waals surface area contributed by atoms with E-state index in [1.165, 1.54) is 4.57 Å². The van der Waals surface area contributed by atoms with Gasteiger partial charge in [-0.05, 0) is 44.1 Å². The predicted molar refractivity (Wildman–Crippen MR) is 73.2 cm³/mol. The average molecular weight is 317 g/mol. The number of rotatable bonds is 5. The van der Waals surface area contributed by atoms with Crippen molar-refractivity contribution < 1.29 is 4.74 Å². The lowest BCUT2D eigenvalue weighted by Crippen LogP contribution is -2.16. The molecule has 0 amide bonds. The van der Waals surface area contributed by atoms with Gasteiger partial charge in [-0.3, -0.25) is 4.57 Å². The van der Waals surface area contributed by atoms with Crippen molar-refractivity contribution in [2.75, 3.05) is 0 Å². The van der Waals surface area contributed by atoms with Crippen molar-refractivity contribution in [2.24, 2.45) is 0 Å². The standard InChI is InChI=1S/C10H13ClN6O2S/c1-4-17-9(18)15-16-10(17)20-8-13-6(11)12-7(14-8)19-5(2)3/h5H,4H2,1-3H3,(H,15,18). The Labute approximate surface area is 124 Å². The fraction of sp³-hybridized carbons (Fsp3) is 0.500. The van der Waals surface area contributed by atoms with Crippen LogP contribution in [0.25, 0.3) is 0 Å². The maximum atomic E-state index is 11.5. The van der Waals surface area contributed by atoms with Crippen LogP contribution in [-0.4, -0.2) is 35.8 Å². The molecule has 0 aliphatic rings. The number of halogens is 1. The van der Waals surface area contributed by atoms with E-state index >= 15 is 0 Å². The van der Waals surface area contributed by atoms with Crippen LogP contribution in [0.15, 0.2) is 15.1 Å². The van der Waals surface area contributed by atoms with Gasteiger partial charge in [0.1, 0.15) is 0 Å². The fourth-order valence-electron chi connectivity index (χ4n) is 1.37. The Morgan fingerprint density at radius 1 is 1.40 bits per heavy atom. The summed E-state index contributed by atoms with van der Waals surface area (Å²) in [4.78, 5) is 23.4. The average Bonchev–Trinajstić information content (AvgIpc) is 2.68. The molecule has 2 aromatic heterocycles. The van der Waals surface area contributed by atoms with Crippen LogP contribution in [0.2, 0.25) is 5.28 Å². The lowest BCUT2D eigenvalue weighted by atomic mass is 10.5. The molecule has 2 heterocycles. The van der Waals surface area contributed by atoms with Crippen LogP contribution in [0.4, 0.5) is 0 Å². The number of aromatic nitrogens is 6. The minimum absolute atomic E-state index is 0.0269. The van der Waals surface area contributed by atoms with E-state index in [2.05, 4.69) is 25.1 Å². The zero-order valence-electron chi connectivity index (χ0n) is 11.1. The van der Waals surface area contributed by atoms with E-state index in [0.717, 1.165) is 11.8 Å². The Bertz CT molecular complexity index is 655. The first kappa shape index (κ1) is 14.8. The highest BCUT2D eigenvalue weighted by Gasteiger charge is 2.13. The van der Waals surface area contributed by atoms with Crippen molar-refractivity contribution in [3.63, 3.8) is 0 Å². The molecule has 0 unspecified atom stereocenters. The van der Waals surface area contributed by atoms with E-state index in [9.17, 15) is 4.79 Å². The number of hydrogen-bond acceptors (Lipinski definition) is 7. The van der Waals surface area contributed by atoms with Crippen molar-refractivity contribution in [2.45, 2.75) is 43.7 Å². The second kappa shape index (κ2) is 6.23. The summed E-state index contributed by atoms with van der Waals surface area (Å²) in [5, 5.41) is 7.07. The summed E-state index contributed by atoms with van der Waals surface area (Å²) in [7, 11) is 0. The molecule has 10 heteroatoms. The molecule has 0 radical (unpaired) electrons. The van der Waals surface area contributed by atoms with Gasteiger partial charge in [0.2, 0.25) is 10.4 Å². The number of aromatic amines is 1. The van der Waals surface area contributed by atoms with Crippen molar-refractivity contribution >= 4 is 23.4 Å². The largest absolute Gasteiger partial charge is 0.461 e. The summed E-state index contributed by atoms with van der Waals surface area (Å²) < 4.78 is 6.84. The van der Waals surface area contributed by atoms with E-state index < -0.39 is 0 Å². The molecule has 2 rings (SSSR count). The van der Waals surface area contributed by atoms with E-state index in [0.29, 0.717) is 16.9 Å². The molecule has 0 spiro atoms. The van der Waals surface area contributed by atoms with Crippen LogP contribution in [0.1, 0.15) is 20.8 Å². The Kier molecular flexibility index (Phi) is 4.61. The Morgan fingerprint density at radius 2 is 2.15 bits per heavy atom. The second-order valence-corrected chi connectivity index (χ2v) is 5.27. The Morgan fingerprint density at radius 3 is 2.80 bits per heavy atom. The van der Waals surface area contributed by atoms with Gasteiger partial charge in [-0.2, -0.15) is 15.0 Å². The molecule has 108 valence electrons. The first-order valence-electron chi connectivity index (χ1n) is 5.91. The van der Waals surface area contributed by atoms with Crippen LogP contribution in [0.3, 0.4) is 0 Å². The molecule has 0 fully saturated rings. The minimum Gasteiger partial charge on any atom is -0.461 e. The van der Waals surface area contributed by atoms with Crippen molar-refractivity contribution in [3.8, 4) is 6.01 Å². The monoisotopic (exact) mass is 316 g/mol. The third kappa shape index (κ3) is 3.48. The van der Waals surface area contributed by atoms with Crippen LogP contribution < -0.4 is 10.4 Å². The first-order chi connectivity index (χ1) is 9.49.